The van der Waals surface area contributed by atoms with Gasteiger partial charge in [0.2, 0.25) is 0 Å². The fraction of sp³-hybridized carbons (Fsp3) is 0.444. The molecule has 1 aliphatic heterocycles. The topological polar surface area (TPSA) is 68.5 Å². The summed E-state index contributed by atoms with van der Waals surface area (Å²) in [5, 5.41) is 1.04. The van der Waals surface area contributed by atoms with Gasteiger partial charge < -0.3 is 15.4 Å². The summed E-state index contributed by atoms with van der Waals surface area (Å²) in [6.45, 7) is 6.39. The van der Waals surface area contributed by atoms with Gasteiger partial charge in [0.25, 0.3) is 5.91 Å². The van der Waals surface area contributed by atoms with Crippen LogP contribution >= 0.6 is 23.7 Å². The number of nitrogens with zero attached hydrogens (tertiary/aromatic N) is 2. The number of amides is 1. The molecule has 7 heteroatoms. The number of nitrogens with two attached hydrogens (primary N) is 1. The molecule has 0 spiro atoms. The van der Waals surface area contributed by atoms with Crippen LogP contribution in [0.25, 0.3) is 10.4 Å². The molecule has 1 amide bonds. The van der Waals surface area contributed by atoms with E-state index in [0.717, 1.165) is 27.6 Å². The van der Waals surface area contributed by atoms with Gasteiger partial charge in [-0.05, 0) is 44.5 Å². The molecular weight excluding hydrogens is 358 g/mol. The van der Waals surface area contributed by atoms with E-state index in [1.807, 2.05) is 43.0 Å². The lowest BCUT2D eigenvalue weighted by molar-refractivity contribution is -0.0236. The third-order valence-corrected chi connectivity index (χ3v) is 5.31. The first kappa shape index (κ1) is 19.8. The molecule has 2 heterocycles. The monoisotopic (exact) mass is 381 g/mol. The van der Waals surface area contributed by atoms with E-state index in [4.69, 9.17) is 10.5 Å². The second-order valence-electron chi connectivity index (χ2n) is 6.05. The highest BCUT2D eigenvalue weighted by Gasteiger charge is 2.24. The maximum absolute atomic E-state index is 12.9. The van der Waals surface area contributed by atoms with E-state index < -0.39 is 0 Å². The Morgan fingerprint density at radius 2 is 2.24 bits per heavy atom. The van der Waals surface area contributed by atoms with Gasteiger partial charge in [0, 0.05) is 18.7 Å². The van der Waals surface area contributed by atoms with Crippen LogP contribution < -0.4 is 5.73 Å². The van der Waals surface area contributed by atoms with E-state index >= 15 is 0 Å². The molecule has 1 atom stereocenters. The molecule has 1 aliphatic rings. The van der Waals surface area contributed by atoms with Gasteiger partial charge >= 0.3 is 0 Å². The Hall–Kier alpha value is -1.47. The van der Waals surface area contributed by atoms with Crippen LogP contribution in [-0.4, -0.2) is 48.1 Å². The molecule has 2 N–H and O–H groups in total. The highest BCUT2D eigenvalue weighted by molar-refractivity contribution is 7.15. The van der Waals surface area contributed by atoms with Crippen molar-refractivity contribution < 1.29 is 9.53 Å². The molecule has 1 aromatic carbocycles. The van der Waals surface area contributed by atoms with Crippen LogP contribution in [0, 0.1) is 13.8 Å². The van der Waals surface area contributed by atoms with Gasteiger partial charge in [-0.25, -0.2) is 4.98 Å². The first-order valence-corrected chi connectivity index (χ1v) is 9.05. The number of carbonyl (C=O) groups excluding carboxylic acids is 1. The van der Waals surface area contributed by atoms with E-state index in [1.165, 1.54) is 0 Å². The molecule has 0 bridgehead atoms. The maximum atomic E-state index is 12.9. The first-order valence-electron chi connectivity index (χ1n) is 8.24. The minimum atomic E-state index is 0. The quantitative estimate of drug-likeness (QED) is 0.883. The number of carbonyl (C=O) groups is 1. The molecule has 3 rings (SSSR count). The Kier molecular flexibility index (Phi) is 6.95. The summed E-state index contributed by atoms with van der Waals surface area (Å²) in [6, 6.07) is 7.82. The van der Waals surface area contributed by atoms with Crippen molar-refractivity contribution in [2.24, 2.45) is 5.73 Å². The van der Waals surface area contributed by atoms with Crippen molar-refractivity contribution in [1.82, 2.24) is 9.88 Å². The Morgan fingerprint density at radius 1 is 1.44 bits per heavy atom. The van der Waals surface area contributed by atoms with Gasteiger partial charge in [0.1, 0.15) is 0 Å². The zero-order valence-electron chi connectivity index (χ0n) is 14.5. The average Bonchev–Trinajstić information content (AvgIpc) is 2.93. The van der Waals surface area contributed by atoms with Gasteiger partial charge in [0.05, 0.1) is 28.3 Å². The number of thiazole rings is 1. The van der Waals surface area contributed by atoms with Gasteiger partial charge in [0.15, 0.2) is 0 Å². The second kappa shape index (κ2) is 8.76. The highest BCUT2D eigenvalue weighted by atomic mass is 35.5. The van der Waals surface area contributed by atoms with Crippen LogP contribution in [0.3, 0.4) is 0 Å². The molecule has 1 saturated heterocycles. The first-order chi connectivity index (χ1) is 11.6. The number of morpholine rings is 1. The summed E-state index contributed by atoms with van der Waals surface area (Å²) in [5.74, 6) is 0.0565. The SMILES string of the molecule is Cc1nc(C)c(-c2cccc(C(=O)N3CCOC(CCN)C3)c2)s1.Cl. The van der Waals surface area contributed by atoms with Crippen molar-refractivity contribution in [3.63, 3.8) is 0 Å². The molecule has 0 radical (unpaired) electrons. The van der Waals surface area contributed by atoms with Crippen LogP contribution in [-0.2, 0) is 4.74 Å². The minimum Gasteiger partial charge on any atom is -0.374 e. The number of hydrogen-bond donors (Lipinski definition) is 1. The number of ether oxygens (including phenoxy) is 1. The molecular formula is C18H24ClN3O2S. The molecule has 1 fully saturated rings. The number of halogens is 1. The number of aryl methyl sites for hydroxylation is 2. The van der Waals surface area contributed by atoms with Gasteiger partial charge in [-0.1, -0.05) is 12.1 Å². The van der Waals surface area contributed by atoms with Crippen LogP contribution in [0.4, 0.5) is 0 Å². The molecule has 136 valence electrons. The predicted octanol–water partition coefficient (Wildman–Crippen LogP) is 3.04. The number of benzene rings is 1. The third kappa shape index (κ3) is 4.58. The molecule has 1 aromatic heterocycles. The van der Waals surface area contributed by atoms with Gasteiger partial charge in [-0.15, -0.1) is 23.7 Å². The summed E-state index contributed by atoms with van der Waals surface area (Å²) >= 11 is 1.66. The van der Waals surface area contributed by atoms with Crippen LogP contribution in [0.5, 0.6) is 0 Å². The predicted molar refractivity (Wildman–Crippen MR) is 104 cm³/mol. The fourth-order valence-electron chi connectivity index (χ4n) is 3.04. The van der Waals surface area contributed by atoms with Crippen LogP contribution in [0.15, 0.2) is 24.3 Å². The van der Waals surface area contributed by atoms with E-state index in [-0.39, 0.29) is 24.4 Å². The van der Waals surface area contributed by atoms with Crippen molar-refractivity contribution in [2.45, 2.75) is 26.4 Å². The Bertz CT molecular complexity index is 733. The Labute approximate surface area is 158 Å². The molecule has 0 aliphatic carbocycles. The van der Waals surface area contributed by atoms with E-state index in [2.05, 4.69) is 4.98 Å². The largest absolute Gasteiger partial charge is 0.374 e. The summed E-state index contributed by atoms with van der Waals surface area (Å²) in [7, 11) is 0. The molecule has 2 aromatic rings. The van der Waals surface area contributed by atoms with Crippen molar-refractivity contribution in [3.05, 3.63) is 40.5 Å². The molecule has 1 unspecified atom stereocenters. The van der Waals surface area contributed by atoms with Crippen molar-refractivity contribution in [3.8, 4) is 10.4 Å². The number of rotatable bonds is 4. The van der Waals surface area contributed by atoms with Gasteiger partial charge in [-0.3, -0.25) is 4.79 Å². The van der Waals surface area contributed by atoms with Crippen molar-refractivity contribution >= 4 is 29.7 Å². The third-order valence-electron chi connectivity index (χ3n) is 4.19. The fourth-order valence-corrected chi connectivity index (χ4v) is 3.96. The summed E-state index contributed by atoms with van der Waals surface area (Å²) in [6.07, 6.45) is 0.825. The number of hydrogen-bond acceptors (Lipinski definition) is 5. The molecule has 0 saturated carbocycles. The zero-order chi connectivity index (χ0) is 17.1. The Balaban J connectivity index is 0.00000225. The second-order valence-corrected chi connectivity index (χ2v) is 7.25. The normalized spacial score (nSPS) is 17.2. The average molecular weight is 382 g/mol. The molecule has 25 heavy (non-hydrogen) atoms. The summed E-state index contributed by atoms with van der Waals surface area (Å²) in [5.41, 5.74) is 8.38. The lowest BCUT2D eigenvalue weighted by atomic mass is 10.1. The minimum absolute atomic E-state index is 0. The summed E-state index contributed by atoms with van der Waals surface area (Å²) < 4.78 is 5.67. The van der Waals surface area contributed by atoms with E-state index in [1.54, 1.807) is 11.3 Å². The lowest BCUT2D eigenvalue weighted by Crippen LogP contribution is -2.46. The van der Waals surface area contributed by atoms with E-state index in [0.29, 0.717) is 31.8 Å². The van der Waals surface area contributed by atoms with Crippen molar-refractivity contribution in [1.29, 1.82) is 0 Å². The smallest absolute Gasteiger partial charge is 0.254 e. The van der Waals surface area contributed by atoms with Crippen LogP contribution in [0.1, 0.15) is 27.5 Å². The van der Waals surface area contributed by atoms with E-state index in [9.17, 15) is 4.79 Å². The van der Waals surface area contributed by atoms with Crippen molar-refractivity contribution in [2.75, 3.05) is 26.2 Å². The number of aromatic nitrogens is 1. The Morgan fingerprint density at radius 3 is 2.92 bits per heavy atom. The maximum Gasteiger partial charge on any atom is 0.254 e. The molecule has 5 nitrogen and oxygen atoms in total. The highest BCUT2D eigenvalue weighted by Crippen LogP contribution is 2.30. The summed E-state index contributed by atoms with van der Waals surface area (Å²) in [4.78, 5) is 20.3. The standard InChI is InChI=1S/C18H23N3O2S.ClH/c1-12-17(24-13(2)20-12)14-4-3-5-15(10-14)18(22)21-8-9-23-16(11-21)6-7-19;/h3-5,10,16H,6-9,11,19H2,1-2H3;1H. The van der Waals surface area contributed by atoms with Gasteiger partial charge in [-0.2, -0.15) is 0 Å². The zero-order valence-corrected chi connectivity index (χ0v) is 16.2. The van der Waals surface area contributed by atoms with Crippen LogP contribution in [0.2, 0.25) is 0 Å². The lowest BCUT2D eigenvalue weighted by Gasteiger charge is -2.33.